The first-order valence-electron chi connectivity index (χ1n) is 5.90. The molecule has 1 N–H and O–H groups in total. The normalized spacial score (nSPS) is 10.8. The molecule has 0 spiro atoms. The number of aromatic nitrogens is 2. The van der Waals surface area contributed by atoms with Crippen molar-refractivity contribution in [3.8, 4) is 11.3 Å². The predicted octanol–water partition coefficient (Wildman–Crippen LogP) is 3.04. The maximum Gasteiger partial charge on any atom is 0.257 e. The lowest BCUT2D eigenvalue weighted by Crippen LogP contribution is -2.07. The van der Waals surface area contributed by atoms with Crippen LogP contribution in [0.5, 0.6) is 0 Å². The molecular weight excluding hydrogens is 243 g/mol. The van der Waals surface area contributed by atoms with Gasteiger partial charge < -0.3 is 4.98 Å². The number of aryl methyl sites for hydroxylation is 1. The lowest BCUT2D eigenvalue weighted by molar-refractivity contribution is 0.628. The summed E-state index contributed by atoms with van der Waals surface area (Å²) in [6.45, 7) is 1.80. The summed E-state index contributed by atoms with van der Waals surface area (Å²) in [5, 5.41) is 1.42. The van der Waals surface area contributed by atoms with Crippen molar-refractivity contribution >= 4 is 10.8 Å². The molecule has 0 aliphatic heterocycles. The lowest BCUT2D eigenvalue weighted by Gasteiger charge is -2.06. The van der Waals surface area contributed by atoms with Crippen molar-refractivity contribution < 1.29 is 4.39 Å². The zero-order valence-electron chi connectivity index (χ0n) is 10.3. The Hall–Kier alpha value is -2.49. The molecule has 0 saturated heterocycles. The van der Waals surface area contributed by atoms with Crippen LogP contribution in [-0.4, -0.2) is 9.97 Å². The van der Waals surface area contributed by atoms with Crippen LogP contribution in [0.15, 0.2) is 47.4 Å². The van der Waals surface area contributed by atoms with Gasteiger partial charge >= 0.3 is 0 Å². The second kappa shape index (κ2) is 4.31. The van der Waals surface area contributed by atoms with E-state index >= 15 is 0 Å². The molecule has 0 aliphatic carbocycles. The maximum atomic E-state index is 12.9. The van der Waals surface area contributed by atoms with Crippen LogP contribution in [0, 0.1) is 12.7 Å². The minimum absolute atomic E-state index is 0.145. The average Bonchev–Trinajstić information content (AvgIpc) is 2.39. The molecule has 3 aromatic rings. The van der Waals surface area contributed by atoms with Crippen LogP contribution in [0.2, 0.25) is 0 Å². The molecule has 0 aliphatic rings. The van der Waals surface area contributed by atoms with Crippen LogP contribution in [0.25, 0.3) is 22.0 Å². The Kier molecular flexibility index (Phi) is 2.63. The predicted molar refractivity (Wildman–Crippen MR) is 72.5 cm³/mol. The highest BCUT2D eigenvalue weighted by Crippen LogP contribution is 2.22. The van der Waals surface area contributed by atoms with Gasteiger partial charge in [0.2, 0.25) is 0 Å². The minimum Gasteiger partial charge on any atom is -0.329 e. The van der Waals surface area contributed by atoms with E-state index in [2.05, 4.69) is 9.97 Å². The van der Waals surface area contributed by atoms with Crippen molar-refractivity contribution in [2.45, 2.75) is 6.92 Å². The molecule has 0 unspecified atom stereocenters. The first-order chi connectivity index (χ1) is 9.15. The number of fused-ring (bicyclic) bond motifs is 1. The van der Waals surface area contributed by atoms with Crippen LogP contribution < -0.4 is 5.56 Å². The summed E-state index contributed by atoms with van der Waals surface area (Å²) < 4.78 is 12.9. The third-order valence-corrected chi connectivity index (χ3v) is 3.08. The van der Waals surface area contributed by atoms with Crippen molar-refractivity contribution in [1.29, 1.82) is 0 Å². The van der Waals surface area contributed by atoms with E-state index < -0.39 is 0 Å². The topological polar surface area (TPSA) is 45.8 Å². The first-order valence-corrected chi connectivity index (χ1v) is 5.90. The van der Waals surface area contributed by atoms with Gasteiger partial charge in [-0.15, -0.1) is 0 Å². The van der Waals surface area contributed by atoms with Gasteiger partial charge in [0, 0.05) is 11.8 Å². The third kappa shape index (κ3) is 2.01. The molecule has 0 radical (unpaired) electrons. The van der Waals surface area contributed by atoms with E-state index in [1.54, 1.807) is 25.3 Å². The Morgan fingerprint density at radius 2 is 1.89 bits per heavy atom. The Labute approximate surface area is 108 Å². The van der Waals surface area contributed by atoms with Crippen LogP contribution in [0.4, 0.5) is 4.39 Å². The molecule has 0 amide bonds. The van der Waals surface area contributed by atoms with E-state index in [9.17, 15) is 9.18 Å². The number of pyridine rings is 2. The van der Waals surface area contributed by atoms with Gasteiger partial charge in [0.05, 0.1) is 16.8 Å². The highest BCUT2D eigenvalue weighted by Gasteiger charge is 2.07. The molecule has 0 fully saturated rings. The molecule has 1 aromatic carbocycles. The minimum atomic E-state index is -0.280. The van der Waals surface area contributed by atoms with E-state index in [1.165, 1.54) is 12.1 Å². The van der Waals surface area contributed by atoms with Crippen molar-refractivity contribution in [3.05, 3.63) is 64.5 Å². The molecule has 19 heavy (non-hydrogen) atoms. The monoisotopic (exact) mass is 254 g/mol. The molecule has 2 heterocycles. The molecule has 0 saturated carbocycles. The summed E-state index contributed by atoms with van der Waals surface area (Å²) in [5.41, 5.74) is 2.08. The number of benzene rings is 1. The van der Waals surface area contributed by atoms with Gasteiger partial charge in [-0.3, -0.25) is 9.78 Å². The Balaban J connectivity index is 2.27. The largest absolute Gasteiger partial charge is 0.329 e. The summed E-state index contributed by atoms with van der Waals surface area (Å²) in [7, 11) is 0. The number of halogens is 1. The smallest absolute Gasteiger partial charge is 0.257 e. The number of H-pyrrole nitrogens is 1. The quantitative estimate of drug-likeness (QED) is 0.725. The maximum absolute atomic E-state index is 12.9. The Bertz CT molecular complexity index is 806. The molecule has 94 valence electrons. The van der Waals surface area contributed by atoms with Gasteiger partial charge in [-0.2, -0.15) is 0 Å². The zero-order valence-corrected chi connectivity index (χ0v) is 10.3. The zero-order chi connectivity index (χ0) is 13.4. The summed E-state index contributed by atoms with van der Waals surface area (Å²) in [6.07, 6.45) is 1.61. The standard InChI is InChI=1S/C15H11FN2O/c1-9-14-11(6-7-17-15(14)19)8-13(18-9)10-2-4-12(16)5-3-10/h2-8H,1H3,(H,17,19). The van der Waals surface area contributed by atoms with Gasteiger partial charge in [0.1, 0.15) is 5.82 Å². The van der Waals surface area contributed by atoms with Crippen LogP contribution in [-0.2, 0) is 0 Å². The van der Waals surface area contributed by atoms with Crippen molar-refractivity contribution in [1.82, 2.24) is 9.97 Å². The van der Waals surface area contributed by atoms with E-state index in [0.717, 1.165) is 16.6 Å². The highest BCUT2D eigenvalue weighted by molar-refractivity contribution is 5.86. The number of hydrogen-bond donors (Lipinski definition) is 1. The van der Waals surface area contributed by atoms with Gasteiger partial charge in [0.15, 0.2) is 0 Å². The van der Waals surface area contributed by atoms with Crippen LogP contribution in [0.3, 0.4) is 0 Å². The summed E-state index contributed by atoms with van der Waals surface area (Å²) in [6, 6.07) is 9.82. The van der Waals surface area contributed by atoms with E-state index in [1.807, 2.05) is 12.1 Å². The Morgan fingerprint density at radius 3 is 2.63 bits per heavy atom. The number of nitrogens with zero attached hydrogens (tertiary/aromatic N) is 1. The van der Waals surface area contributed by atoms with Crippen LogP contribution in [0.1, 0.15) is 5.69 Å². The van der Waals surface area contributed by atoms with Crippen molar-refractivity contribution in [3.63, 3.8) is 0 Å². The Morgan fingerprint density at radius 1 is 1.16 bits per heavy atom. The summed E-state index contributed by atoms with van der Waals surface area (Å²) in [5.74, 6) is -0.280. The second-order valence-electron chi connectivity index (χ2n) is 4.37. The van der Waals surface area contributed by atoms with Crippen molar-refractivity contribution in [2.24, 2.45) is 0 Å². The van der Waals surface area contributed by atoms with Gasteiger partial charge in [0.25, 0.3) is 5.56 Å². The number of rotatable bonds is 1. The molecule has 0 atom stereocenters. The third-order valence-electron chi connectivity index (χ3n) is 3.08. The molecule has 3 nitrogen and oxygen atoms in total. The fraction of sp³-hybridized carbons (Fsp3) is 0.0667. The summed E-state index contributed by atoms with van der Waals surface area (Å²) >= 11 is 0. The van der Waals surface area contributed by atoms with E-state index in [4.69, 9.17) is 0 Å². The molecule has 3 rings (SSSR count). The SMILES string of the molecule is Cc1nc(-c2ccc(F)cc2)cc2cc[nH]c(=O)c12. The molecular formula is C15H11FN2O. The average molecular weight is 254 g/mol. The van der Waals surface area contributed by atoms with Gasteiger partial charge in [-0.25, -0.2) is 4.39 Å². The van der Waals surface area contributed by atoms with Gasteiger partial charge in [-0.1, -0.05) is 0 Å². The second-order valence-corrected chi connectivity index (χ2v) is 4.37. The van der Waals surface area contributed by atoms with E-state index in [-0.39, 0.29) is 11.4 Å². The molecule has 0 bridgehead atoms. The lowest BCUT2D eigenvalue weighted by atomic mass is 10.1. The highest BCUT2D eigenvalue weighted by atomic mass is 19.1. The summed E-state index contributed by atoms with van der Waals surface area (Å²) in [4.78, 5) is 18.8. The fourth-order valence-corrected chi connectivity index (χ4v) is 2.17. The van der Waals surface area contributed by atoms with Gasteiger partial charge in [-0.05, 0) is 48.7 Å². The number of nitrogens with one attached hydrogen (secondary N) is 1. The fourth-order valence-electron chi connectivity index (χ4n) is 2.17. The first kappa shape index (κ1) is 11.6. The van der Waals surface area contributed by atoms with Crippen LogP contribution >= 0.6 is 0 Å². The molecule has 2 aromatic heterocycles. The number of aromatic amines is 1. The van der Waals surface area contributed by atoms with Crippen molar-refractivity contribution in [2.75, 3.05) is 0 Å². The number of hydrogen-bond acceptors (Lipinski definition) is 2. The molecule has 4 heteroatoms. The van der Waals surface area contributed by atoms with E-state index in [0.29, 0.717) is 11.1 Å².